The van der Waals surface area contributed by atoms with Crippen LogP contribution in [0.5, 0.6) is 5.75 Å². The Balaban J connectivity index is 1.86. The molecule has 8 heteroatoms. The lowest BCUT2D eigenvalue weighted by Gasteiger charge is -2.14. The predicted molar refractivity (Wildman–Crippen MR) is 99.5 cm³/mol. The molecule has 2 aromatic carbocycles. The van der Waals surface area contributed by atoms with Gasteiger partial charge in [-0.3, -0.25) is 10.1 Å². The number of hydrogen-bond donors (Lipinski definition) is 0. The Bertz CT molecular complexity index is 1040. The Morgan fingerprint density at radius 1 is 1.19 bits per heavy atom. The standard InChI is InChI=1S/C19H15ClFN3O3/c20-14-7-11(5-6-15(14)21)19-13-8-17(24(25)26)18(9-16(13)22-10-23-19)27-12-3-1-2-4-12/h5-10,12H,1-4H2. The Hall–Kier alpha value is -2.80. The minimum absolute atomic E-state index is 0.0154. The fraction of sp³-hybridized carbons (Fsp3) is 0.263. The first-order valence-corrected chi connectivity index (χ1v) is 8.96. The zero-order valence-corrected chi connectivity index (χ0v) is 14.9. The number of aromatic nitrogens is 2. The summed E-state index contributed by atoms with van der Waals surface area (Å²) in [6, 6.07) is 7.18. The molecule has 0 saturated heterocycles. The summed E-state index contributed by atoms with van der Waals surface area (Å²) in [4.78, 5) is 19.6. The lowest BCUT2D eigenvalue weighted by atomic mass is 10.1. The van der Waals surface area contributed by atoms with Crippen molar-refractivity contribution in [1.29, 1.82) is 0 Å². The third-order valence-electron chi connectivity index (χ3n) is 4.70. The van der Waals surface area contributed by atoms with Crippen molar-refractivity contribution in [2.45, 2.75) is 31.8 Å². The highest BCUT2D eigenvalue weighted by molar-refractivity contribution is 6.31. The van der Waals surface area contributed by atoms with Gasteiger partial charge in [-0.05, 0) is 43.9 Å². The van der Waals surface area contributed by atoms with E-state index >= 15 is 0 Å². The molecule has 1 fully saturated rings. The molecule has 0 N–H and O–H groups in total. The number of nitro benzene ring substituents is 1. The maximum atomic E-state index is 13.5. The van der Waals surface area contributed by atoms with Crippen molar-refractivity contribution < 1.29 is 14.1 Å². The Kier molecular flexibility index (Phi) is 4.61. The van der Waals surface area contributed by atoms with Gasteiger partial charge in [0, 0.05) is 23.1 Å². The van der Waals surface area contributed by atoms with Gasteiger partial charge in [0.05, 0.1) is 27.3 Å². The molecule has 0 amide bonds. The monoisotopic (exact) mass is 387 g/mol. The lowest BCUT2D eigenvalue weighted by molar-refractivity contribution is -0.385. The lowest BCUT2D eigenvalue weighted by Crippen LogP contribution is -2.12. The van der Waals surface area contributed by atoms with E-state index in [2.05, 4.69) is 9.97 Å². The van der Waals surface area contributed by atoms with Crippen LogP contribution in [-0.4, -0.2) is 21.0 Å². The number of hydrogen-bond acceptors (Lipinski definition) is 5. The first-order chi connectivity index (χ1) is 13.0. The van der Waals surface area contributed by atoms with Crippen molar-refractivity contribution in [3.05, 3.63) is 57.6 Å². The molecule has 1 aliphatic rings. The summed E-state index contributed by atoms with van der Waals surface area (Å²) in [6.07, 6.45) is 5.24. The van der Waals surface area contributed by atoms with Crippen LogP contribution in [0, 0.1) is 15.9 Å². The second-order valence-electron chi connectivity index (χ2n) is 6.47. The van der Waals surface area contributed by atoms with Gasteiger partial charge in [0.15, 0.2) is 5.75 Å². The third-order valence-corrected chi connectivity index (χ3v) is 4.99. The van der Waals surface area contributed by atoms with Crippen LogP contribution in [0.3, 0.4) is 0 Å². The summed E-state index contributed by atoms with van der Waals surface area (Å²) in [5.41, 5.74) is 1.36. The van der Waals surface area contributed by atoms with E-state index in [4.69, 9.17) is 16.3 Å². The zero-order valence-electron chi connectivity index (χ0n) is 14.2. The van der Waals surface area contributed by atoms with Crippen LogP contribution in [0.1, 0.15) is 25.7 Å². The molecule has 0 radical (unpaired) electrons. The number of halogens is 2. The van der Waals surface area contributed by atoms with Crippen molar-refractivity contribution in [1.82, 2.24) is 9.97 Å². The molecule has 0 bridgehead atoms. The molecule has 0 aliphatic heterocycles. The van der Waals surface area contributed by atoms with E-state index in [0.29, 0.717) is 22.2 Å². The van der Waals surface area contributed by atoms with Crippen LogP contribution >= 0.6 is 11.6 Å². The van der Waals surface area contributed by atoms with Gasteiger partial charge < -0.3 is 4.74 Å². The molecule has 3 aromatic rings. The van der Waals surface area contributed by atoms with Crippen molar-refractivity contribution >= 4 is 28.2 Å². The average Bonchev–Trinajstić information content (AvgIpc) is 3.16. The Labute approximate surface area is 159 Å². The third kappa shape index (κ3) is 3.42. The number of fused-ring (bicyclic) bond motifs is 1. The van der Waals surface area contributed by atoms with Crippen molar-refractivity contribution in [2.75, 3.05) is 0 Å². The molecule has 0 spiro atoms. The fourth-order valence-electron chi connectivity index (χ4n) is 3.37. The minimum Gasteiger partial charge on any atom is -0.483 e. The Morgan fingerprint density at radius 2 is 1.96 bits per heavy atom. The molecule has 1 saturated carbocycles. The van der Waals surface area contributed by atoms with Crippen molar-refractivity contribution in [3.63, 3.8) is 0 Å². The van der Waals surface area contributed by atoms with E-state index in [0.717, 1.165) is 25.7 Å². The quantitative estimate of drug-likeness (QED) is 0.447. The highest BCUT2D eigenvalue weighted by atomic mass is 35.5. The first kappa shape index (κ1) is 17.6. The van der Waals surface area contributed by atoms with E-state index in [1.807, 2.05) is 0 Å². The Morgan fingerprint density at radius 3 is 2.67 bits per heavy atom. The smallest absolute Gasteiger partial charge is 0.311 e. The maximum Gasteiger partial charge on any atom is 0.311 e. The molecule has 0 atom stereocenters. The molecule has 0 unspecified atom stereocenters. The van der Waals surface area contributed by atoms with Crippen LogP contribution in [0.15, 0.2) is 36.7 Å². The van der Waals surface area contributed by atoms with Gasteiger partial charge in [0.2, 0.25) is 0 Å². The van der Waals surface area contributed by atoms with E-state index in [1.54, 1.807) is 6.07 Å². The van der Waals surface area contributed by atoms with Gasteiger partial charge in [0.1, 0.15) is 12.1 Å². The second-order valence-corrected chi connectivity index (χ2v) is 6.88. The molecule has 1 aliphatic carbocycles. The fourth-order valence-corrected chi connectivity index (χ4v) is 3.55. The van der Waals surface area contributed by atoms with Gasteiger partial charge in [-0.25, -0.2) is 14.4 Å². The number of ether oxygens (including phenoxy) is 1. The summed E-state index contributed by atoms with van der Waals surface area (Å²) in [5, 5.41) is 12.0. The zero-order chi connectivity index (χ0) is 19.0. The summed E-state index contributed by atoms with van der Waals surface area (Å²) in [6.45, 7) is 0. The van der Waals surface area contributed by atoms with Crippen molar-refractivity contribution in [3.8, 4) is 17.0 Å². The van der Waals surface area contributed by atoms with Crippen LogP contribution in [0.25, 0.3) is 22.2 Å². The molecular weight excluding hydrogens is 373 g/mol. The van der Waals surface area contributed by atoms with Crippen LogP contribution in [0.2, 0.25) is 5.02 Å². The summed E-state index contributed by atoms with van der Waals surface area (Å²) in [7, 11) is 0. The SMILES string of the molecule is O=[N+]([O-])c1cc2c(-c3ccc(F)c(Cl)c3)ncnc2cc1OC1CCCC1. The predicted octanol–water partition coefficient (Wildman–Crippen LogP) is 5.32. The number of benzene rings is 2. The number of nitrogens with zero attached hydrogens (tertiary/aromatic N) is 3. The number of nitro groups is 1. The van der Waals surface area contributed by atoms with Gasteiger partial charge in [0.25, 0.3) is 0 Å². The second kappa shape index (κ2) is 7.08. The van der Waals surface area contributed by atoms with Crippen LogP contribution in [0.4, 0.5) is 10.1 Å². The van der Waals surface area contributed by atoms with Crippen molar-refractivity contribution in [2.24, 2.45) is 0 Å². The van der Waals surface area contributed by atoms with Crippen LogP contribution < -0.4 is 4.74 Å². The highest BCUT2D eigenvalue weighted by Gasteiger charge is 2.24. The molecule has 1 aromatic heterocycles. The molecule has 6 nitrogen and oxygen atoms in total. The summed E-state index contributed by atoms with van der Waals surface area (Å²) in [5.74, 6) is -0.335. The van der Waals surface area contributed by atoms with E-state index < -0.39 is 10.7 Å². The minimum atomic E-state index is -0.544. The topological polar surface area (TPSA) is 78.2 Å². The largest absolute Gasteiger partial charge is 0.483 e. The van der Waals surface area contributed by atoms with E-state index in [-0.39, 0.29) is 22.6 Å². The van der Waals surface area contributed by atoms with Gasteiger partial charge in [-0.1, -0.05) is 11.6 Å². The molecule has 138 valence electrons. The normalized spacial score (nSPS) is 14.6. The average molecular weight is 388 g/mol. The van der Waals surface area contributed by atoms with Gasteiger partial charge >= 0.3 is 5.69 Å². The first-order valence-electron chi connectivity index (χ1n) is 8.58. The highest BCUT2D eigenvalue weighted by Crippen LogP contribution is 2.37. The molecular formula is C19H15ClFN3O3. The molecule has 4 rings (SSSR count). The summed E-state index contributed by atoms with van der Waals surface area (Å²) < 4.78 is 19.4. The van der Waals surface area contributed by atoms with Gasteiger partial charge in [-0.15, -0.1) is 0 Å². The van der Waals surface area contributed by atoms with Gasteiger partial charge in [-0.2, -0.15) is 0 Å². The number of rotatable bonds is 4. The van der Waals surface area contributed by atoms with E-state index in [1.165, 1.54) is 30.6 Å². The molecule has 1 heterocycles. The maximum absolute atomic E-state index is 13.5. The van der Waals surface area contributed by atoms with Crippen LogP contribution in [-0.2, 0) is 0 Å². The molecule has 27 heavy (non-hydrogen) atoms. The van der Waals surface area contributed by atoms with E-state index in [9.17, 15) is 14.5 Å². The summed E-state index contributed by atoms with van der Waals surface area (Å²) >= 11 is 5.87.